The molecule has 0 saturated carbocycles. The van der Waals surface area contributed by atoms with Crippen LogP contribution in [0.1, 0.15) is 21.5 Å². The first-order chi connectivity index (χ1) is 8.56. The molecule has 0 aliphatic heterocycles. The lowest BCUT2D eigenvalue weighted by atomic mass is 10.1. The molecule has 2 nitrogen and oxygen atoms in total. The lowest BCUT2D eigenvalue weighted by molar-refractivity contribution is 0.102. The van der Waals surface area contributed by atoms with Gasteiger partial charge in [0.05, 0.1) is 0 Å². The van der Waals surface area contributed by atoms with E-state index >= 15 is 0 Å². The van der Waals surface area contributed by atoms with E-state index in [1.165, 1.54) is 18.2 Å². The van der Waals surface area contributed by atoms with Crippen molar-refractivity contribution in [2.24, 2.45) is 0 Å². The zero-order valence-electron chi connectivity index (χ0n) is 10.3. The molecular weight excluding hydrogens is 229 g/mol. The first kappa shape index (κ1) is 12.3. The number of nitrogens with one attached hydrogen (secondary N) is 1. The maximum Gasteiger partial charge on any atom is 0.255 e. The summed E-state index contributed by atoms with van der Waals surface area (Å²) in [6, 6.07) is 11.7. The fourth-order valence-corrected chi connectivity index (χ4v) is 1.72. The van der Waals surface area contributed by atoms with E-state index < -0.39 is 0 Å². The van der Waals surface area contributed by atoms with Crippen LogP contribution in [0.2, 0.25) is 0 Å². The molecule has 0 aromatic heterocycles. The minimum absolute atomic E-state index is 0.226. The average molecular weight is 243 g/mol. The molecule has 0 saturated heterocycles. The van der Waals surface area contributed by atoms with Gasteiger partial charge in [-0.2, -0.15) is 0 Å². The van der Waals surface area contributed by atoms with Crippen LogP contribution < -0.4 is 5.32 Å². The maximum absolute atomic E-state index is 13.0. The van der Waals surface area contributed by atoms with E-state index in [2.05, 4.69) is 5.32 Å². The summed E-state index contributed by atoms with van der Waals surface area (Å²) in [6.07, 6.45) is 0. The van der Waals surface area contributed by atoms with Gasteiger partial charge in [0, 0.05) is 11.3 Å². The molecule has 1 amide bonds. The molecule has 2 aromatic carbocycles. The van der Waals surface area contributed by atoms with Crippen molar-refractivity contribution in [3.63, 3.8) is 0 Å². The van der Waals surface area contributed by atoms with Crippen LogP contribution in [0, 0.1) is 19.7 Å². The highest BCUT2D eigenvalue weighted by Gasteiger charge is 2.09. The fourth-order valence-electron chi connectivity index (χ4n) is 1.72. The van der Waals surface area contributed by atoms with Gasteiger partial charge in [-0.05, 0) is 49.7 Å². The highest BCUT2D eigenvalue weighted by Crippen LogP contribution is 2.14. The molecule has 2 rings (SSSR count). The molecule has 1 N–H and O–H groups in total. The van der Waals surface area contributed by atoms with Gasteiger partial charge in [-0.1, -0.05) is 17.7 Å². The van der Waals surface area contributed by atoms with E-state index in [0.29, 0.717) is 11.1 Å². The van der Waals surface area contributed by atoms with Crippen LogP contribution in [0.15, 0.2) is 42.5 Å². The summed E-state index contributed by atoms with van der Waals surface area (Å²) in [4.78, 5) is 12.0. The van der Waals surface area contributed by atoms with Gasteiger partial charge in [-0.15, -0.1) is 0 Å². The number of rotatable bonds is 2. The maximum atomic E-state index is 13.0. The highest BCUT2D eigenvalue weighted by molar-refractivity contribution is 6.05. The van der Waals surface area contributed by atoms with E-state index in [4.69, 9.17) is 0 Å². The SMILES string of the molecule is Cc1ccc(NC(=O)c2ccc(F)cc2C)cc1. The van der Waals surface area contributed by atoms with Crippen molar-refractivity contribution in [1.29, 1.82) is 0 Å². The van der Waals surface area contributed by atoms with E-state index in [9.17, 15) is 9.18 Å². The van der Waals surface area contributed by atoms with E-state index in [-0.39, 0.29) is 11.7 Å². The first-order valence-electron chi connectivity index (χ1n) is 5.70. The van der Waals surface area contributed by atoms with Gasteiger partial charge in [0.2, 0.25) is 0 Å². The van der Waals surface area contributed by atoms with Crippen LogP contribution in [0.3, 0.4) is 0 Å². The first-order valence-corrected chi connectivity index (χ1v) is 5.70. The molecule has 0 aliphatic carbocycles. The number of carbonyl (C=O) groups excluding carboxylic acids is 1. The minimum Gasteiger partial charge on any atom is -0.322 e. The zero-order chi connectivity index (χ0) is 13.1. The Hall–Kier alpha value is -2.16. The lowest BCUT2D eigenvalue weighted by Gasteiger charge is -2.08. The normalized spacial score (nSPS) is 10.2. The third kappa shape index (κ3) is 2.74. The second-order valence-electron chi connectivity index (χ2n) is 4.28. The fraction of sp³-hybridized carbons (Fsp3) is 0.133. The van der Waals surface area contributed by atoms with E-state index in [1.807, 2.05) is 31.2 Å². The molecule has 0 spiro atoms. The van der Waals surface area contributed by atoms with Crippen LogP contribution in [0.5, 0.6) is 0 Å². The number of aryl methyl sites for hydroxylation is 2. The Balaban J connectivity index is 2.19. The van der Waals surface area contributed by atoms with Gasteiger partial charge in [0.15, 0.2) is 0 Å². The standard InChI is InChI=1S/C15H14FNO/c1-10-3-6-13(7-4-10)17-15(18)14-8-5-12(16)9-11(14)2/h3-9H,1-2H3,(H,17,18). The zero-order valence-corrected chi connectivity index (χ0v) is 10.3. The van der Waals surface area contributed by atoms with Gasteiger partial charge in [-0.25, -0.2) is 4.39 Å². The van der Waals surface area contributed by atoms with Gasteiger partial charge in [0.25, 0.3) is 5.91 Å². The van der Waals surface area contributed by atoms with Crippen molar-refractivity contribution in [2.45, 2.75) is 13.8 Å². The summed E-state index contributed by atoms with van der Waals surface area (Å²) in [5.41, 5.74) is 2.97. The van der Waals surface area contributed by atoms with Crippen LogP contribution in [0.4, 0.5) is 10.1 Å². The summed E-state index contributed by atoms with van der Waals surface area (Å²) in [6.45, 7) is 3.70. The van der Waals surface area contributed by atoms with Crippen molar-refractivity contribution in [1.82, 2.24) is 0 Å². The molecular formula is C15H14FNO. The van der Waals surface area contributed by atoms with Crippen LogP contribution in [0.25, 0.3) is 0 Å². The Morgan fingerprint density at radius 1 is 1.06 bits per heavy atom. The molecule has 0 aliphatic rings. The van der Waals surface area contributed by atoms with Gasteiger partial charge >= 0.3 is 0 Å². The highest BCUT2D eigenvalue weighted by atomic mass is 19.1. The molecule has 2 aromatic rings. The second kappa shape index (κ2) is 5.00. The van der Waals surface area contributed by atoms with E-state index in [1.54, 1.807) is 6.92 Å². The molecule has 3 heteroatoms. The Bertz CT molecular complexity index is 576. The molecule has 18 heavy (non-hydrogen) atoms. The number of anilines is 1. The summed E-state index contributed by atoms with van der Waals surface area (Å²) in [5.74, 6) is -0.560. The average Bonchev–Trinajstić information content (AvgIpc) is 2.32. The molecule has 0 radical (unpaired) electrons. The Morgan fingerprint density at radius 3 is 2.33 bits per heavy atom. The predicted molar refractivity (Wildman–Crippen MR) is 70.3 cm³/mol. The van der Waals surface area contributed by atoms with Crippen molar-refractivity contribution in [3.05, 3.63) is 65.0 Å². The number of hydrogen-bond acceptors (Lipinski definition) is 1. The number of benzene rings is 2. The lowest BCUT2D eigenvalue weighted by Crippen LogP contribution is -2.13. The molecule has 0 unspecified atom stereocenters. The molecule has 0 heterocycles. The molecule has 0 bridgehead atoms. The summed E-state index contributed by atoms with van der Waals surface area (Å²) < 4.78 is 13.0. The quantitative estimate of drug-likeness (QED) is 0.856. The van der Waals surface area contributed by atoms with Gasteiger partial charge in [-0.3, -0.25) is 4.79 Å². The smallest absolute Gasteiger partial charge is 0.255 e. The largest absolute Gasteiger partial charge is 0.322 e. The van der Waals surface area contributed by atoms with Gasteiger partial charge < -0.3 is 5.32 Å². The Kier molecular flexibility index (Phi) is 3.42. The predicted octanol–water partition coefficient (Wildman–Crippen LogP) is 3.69. The number of carbonyl (C=O) groups is 1. The second-order valence-corrected chi connectivity index (χ2v) is 4.28. The monoisotopic (exact) mass is 243 g/mol. The number of hydrogen-bond donors (Lipinski definition) is 1. The summed E-state index contributed by atoms with van der Waals surface area (Å²) in [7, 11) is 0. The minimum atomic E-state index is -0.334. The summed E-state index contributed by atoms with van der Waals surface area (Å²) in [5, 5.41) is 2.78. The van der Waals surface area contributed by atoms with Gasteiger partial charge in [0.1, 0.15) is 5.82 Å². The number of halogens is 1. The Labute approximate surface area is 105 Å². The van der Waals surface area contributed by atoms with Crippen molar-refractivity contribution < 1.29 is 9.18 Å². The van der Waals surface area contributed by atoms with Crippen molar-refractivity contribution in [2.75, 3.05) is 5.32 Å². The van der Waals surface area contributed by atoms with Crippen LogP contribution in [-0.4, -0.2) is 5.91 Å². The number of amides is 1. The van der Waals surface area contributed by atoms with E-state index in [0.717, 1.165) is 11.3 Å². The van der Waals surface area contributed by atoms with Crippen molar-refractivity contribution in [3.8, 4) is 0 Å². The molecule has 0 fully saturated rings. The topological polar surface area (TPSA) is 29.1 Å². The van der Waals surface area contributed by atoms with Crippen molar-refractivity contribution >= 4 is 11.6 Å². The summed E-state index contributed by atoms with van der Waals surface area (Å²) >= 11 is 0. The molecule has 92 valence electrons. The Morgan fingerprint density at radius 2 is 1.72 bits per heavy atom. The van der Waals surface area contributed by atoms with Crippen LogP contribution in [-0.2, 0) is 0 Å². The van der Waals surface area contributed by atoms with Crippen LogP contribution >= 0.6 is 0 Å². The third-order valence-electron chi connectivity index (χ3n) is 2.74. The third-order valence-corrected chi connectivity index (χ3v) is 2.74. The molecule has 0 atom stereocenters.